The summed E-state index contributed by atoms with van der Waals surface area (Å²) in [6.07, 6.45) is 3.62. The summed E-state index contributed by atoms with van der Waals surface area (Å²) in [6.45, 7) is 0. The number of nitrogens with one attached hydrogen (secondary N) is 1. The molecule has 1 aromatic heterocycles. The number of ether oxygens (including phenoxy) is 1. The fourth-order valence-corrected chi connectivity index (χ4v) is 1.08. The van der Waals surface area contributed by atoms with E-state index in [1.807, 2.05) is 0 Å². The van der Waals surface area contributed by atoms with E-state index in [1.165, 1.54) is 11.8 Å². The van der Waals surface area contributed by atoms with E-state index in [9.17, 15) is 4.79 Å². The lowest BCUT2D eigenvalue weighted by molar-refractivity contribution is 0.186. The van der Waals surface area contributed by atoms with Crippen LogP contribution in [0.1, 0.15) is 12.2 Å². The molecule has 2 rings (SSSR count). The summed E-state index contributed by atoms with van der Waals surface area (Å²) in [4.78, 5) is 10.9. The highest BCUT2D eigenvalue weighted by Gasteiger charge is 2.15. The Bertz CT molecular complexity index is 383. The molecule has 0 fully saturated rings. The Morgan fingerprint density at radius 2 is 2.50 bits per heavy atom. The number of amides is 1. The van der Waals surface area contributed by atoms with E-state index >= 15 is 0 Å². The highest BCUT2D eigenvalue weighted by atomic mass is 16.5. The first-order valence-corrected chi connectivity index (χ1v) is 4.04. The molecule has 7 heteroatoms. The molecular weight excluding hydrogens is 186 g/mol. The molecule has 73 valence electrons. The lowest BCUT2D eigenvalue weighted by atomic mass is 10.3. The minimum absolute atomic E-state index is 0.249. The monoisotopic (exact) mass is 194 g/mol. The zero-order valence-electron chi connectivity index (χ0n) is 7.52. The number of carbonyl (C=O) groups is 1. The molecule has 1 aromatic rings. The number of rotatable bonds is 1. The molecule has 7 nitrogen and oxygen atoms in total. The molecule has 1 radical (unpaired) electrons. The van der Waals surface area contributed by atoms with Gasteiger partial charge in [-0.15, -0.1) is 10.2 Å². The number of nitrogens with zero attached hydrogens (tertiary/aromatic N) is 4. The van der Waals surface area contributed by atoms with Gasteiger partial charge in [0.1, 0.15) is 0 Å². The molecule has 0 aliphatic carbocycles. The van der Waals surface area contributed by atoms with Gasteiger partial charge < -0.3 is 4.74 Å². The predicted octanol–water partition coefficient (Wildman–Crippen LogP) is 0.113. The summed E-state index contributed by atoms with van der Waals surface area (Å²) in [6, 6.07) is 0. The van der Waals surface area contributed by atoms with Gasteiger partial charge in [0.25, 0.3) is 5.95 Å². The Labute approximate surface area is 79.8 Å². The van der Waals surface area contributed by atoms with E-state index in [2.05, 4.69) is 31.6 Å². The van der Waals surface area contributed by atoms with Gasteiger partial charge >= 0.3 is 6.09 Å². The Morgan fingerprint density at radius 1 is 1.64 bits per heavy atom. The number of hydrogen-bond acceptors (Lipinski definition) is 5. The molecule has 0 atom stereocenters. The van der Waals surface area contributed by atoms with Gasteiger partial charge in [-0.2, -0.15) is 9.78 Å². The van der Waals surface area contributed by atoms with Gasteiger partial charge in [0.05, 0.1) is 13.3 Å². The maximum absolute atomic E-state index is 10.9. The van der Waals surface area contributed by atoms with E-state index in [4.69, 9.17) is 0 Å². The molecular formula is C7H8N5O2. The third kappa shape index (κ3) is 1.43. The molecule has 0 saturated heterocycles. The van der Waals surface area contributed by atoms with Crippen molar-refractivity contribution in [3.63, 3.8) is 0 Å². The van der Waals surface area contributed by atoms with Crippen LogP contribution in [0.5, 0.6) is 0 Å². The smallest absolute Gasteiger partial charge is 0.413 e. The highest BCUT2D eigenvalue weighted by Crippen LogP contribution is 2.12. The normalized spacial score (nSPS) is 13.5. The molecule has 14 heavy (non-hydrogen) atoms. The summed E-state index contributed by atoms with van der Waals surface area (Å²) in [7, 11) is 1.28. The second-order valence-corrected chi connectivity index (χ2v) is 2.63. The Kier molecular flexibility index (Phi) is 2.13. The fraction of sp³-hybridized carbons (Fsp3) is 0.429. The SMILES string of the molecule is COC(=O)Nc1nnc2n1N=[C]CC2. The maximum atomic E-state index is 10.9. The number of hydrogen-bond donors (Lipinski definition) is 1. The first-order chi connectivity index (χ1) is 6.81. The van der Waals surface area contributed by atoms with Crippen LogP contribution >= 0.6 is 0 Å². The summed E-state index contributed by atoms with van der Waals surface area (Å²) in [5, 5.41) is 13.9. The van der Waals surface area contributed by atoms with Crippen LogP contribution in [-0.2, 0) is 11.2 Å². The number of fused-ring (bicyclic) bond motifs is 1. The Hall–Kier alpha value is -1.92. The van der Waals surface area contributed by atoms with E-state index in [0.717, 1.165) is 12.8 Å². The van der Waals surface area contributed by atoms with Crippen molar-refractivity contribution in [1.29, 1.82) is 0 Å². The van der Waals surface area contributed by atoms with E-state index in [1.54, 1.807) is 0 Å². The second-order valence-electron chi connectivity index (χ2n) is 2.63. The highest BCUT2D eigenvalue weighted by molar-refractivity contribution is 5.82. The molecule has 0 unspecified atom stereocenters. The van der Waals surface area contributed by atoms with Crippen LogP contribution in [0, 0.1) is 0 Å². The molecule has 0 saturated carbocycles. The third-order valence-corrected chi connectivity index (χ3v) is 1.74. The first kappa shape index (κ1) is 8.67. The van der Waals surface area contributed by atoms with Crippen molar-refractivity contribution in [2.24, 2.45) is 5.10 Å². The molecule has 1 aliphatic rings. The summed E-state index contributed by atoms with van der Waals surface area (Å²) >= 11 is 0. The number of carbonyl (C=O) groups excluding carboxylic acids is 1. The molecule has 2 heterocycles. The van der Waals surface area contributed by atoms with Crippen molar-refractivity contribution < 1.29 is 9.53 Å². The zero-order chi connectivity index (χ0) is 9.97. The van der Waals surface area contributed by atoms with Gasteiger partial charge in [-0.25, -0.2) is 4.79 Å². The van der Waals surface area contributed by atoms with Crippen LogP contribution in [-0.4, -0.2) is 34.3 Å². The number of aryl methyl sites for hydroxylation is 1. The Morgan fingerprint density at radius 3 is 3.29 bits per heavy atom. The molecule has 0 spiro atoms. The zero-order valence-corrected chi connectivity index (χ0v) is 7.52. The average molecular weight is 194 g/mol. The molecule has 1 N–H and O–H groups in total. The van der Waals surface area contributed by atoms with Crippen molar-refractivity contribution in [3.05, 3.63) is 5.82 Å². The van der Waals surface area contributed by atoms with Gasteiger partial charge in [-0.1, -0.05) is 0 Å². The lowest BCUT2D eigenvalue weighted by Gasteiger charge is -2.06. The van der Waals surface area contributed by atoms with Crippen molar-refractivity contribution in [2.75, 3.05) is 12.4 Å². The van der Waals surface area contributed by atoms with Gasteiger partial charge in [0, 0.05) is 12.8 Å². The molecule has 0 bridgehead atoms. The second kappa shape index (κ2) is 3.44. The van der Waals surface area contributed by atoms with Gasteiger partial charge in [0.2, 0.25) is 0 Å². The predicted molar refractivity (Wildman–Crippen MR) is 47.2 cm³/mol. The number of aromatic nitrogens is 3. The third-order valence-electron chi connectivity index (χ3n) is 1.74. The lowest BCUT2D eigenvalue weighted by Crippen LogP contribution is -2.15. The maximum Gasteiger partial charge on any atom is 0.413 e. The van der Waals surface area contributed by atoms with Crippen LogP contribution in [0.15, 0.2) is 5.10 Å². The first-order valence-electron chi connectivity index (χ1n) is 4.04. The average Bonchev–Trinajstić information content (AvgIpc) is 2.62. The van der Waals surface area contributed by atoms with Gasteiger partial charge in [-0.3, -0.25) is 5.32 Å². The minimum atomic E-state index is -0.596. The van der Waals surface area contributed by atoms with Crippen molar-refractivity contribution >= 4 is 18.3 Å². The van der Waals surface area contributed by atoms with Crippen LogP contribution in [0.4, 0.5) is 10.7 Å². The van der Waals surface area contributed by atoms with Crippen molar-refractivity contribution in [2.45, 2.75) is 12.8 Å². The Balaban J connectivity index is 2.24. The van der Waals surface area contributed by atoms with Crippen molar-refractivity contribution in [1.82, 2.24) is 14.9 Å². The van der Waals surface area contributed by atoms with Crippen LogP contribution in [0.3, 0.4) is 0 Å². The quantitative estimate of drug-likeness (QED) is 0.688. The summed E-state index contributed by atoms with van der Waals surface area (Å²) < 4.78 is 5.85. The molecule has 1 aliphatic heterocycles. The van der Waals surface area contributed by atoms with E-state index < -0.39 is 6.09 Å². The fourth-order valence-electron chi connectivity index (χ4n) is 1.08. The van der Waals surface area contributed by atoms with Crippen molar-refractivity contribution in [3.8, 4) is 0 Å². The number of methoxy groups -OCH3 is 1. The topological polar surface area (TPSA) is 81.4 Å². The standard InChI is InChI=1S/C7H8N5O2/c1-14-7(13)9-6-11-10-5-3-2-4-8-12(5)6/h2-3H2,1H3,(H,9,11,13). The summed E-state index contributed by atoms with van der Waals surface area (Å²) in [5.41, 5.74) is 0. The van der Waals surface area contributed by atoms with Gasteiger partial charge in [-0.05, 0) is 0 Å². The number of anilines is 1. The summed E-state index contributed by atoms with van der Waals surface area (Å²) in [5.74, 6) is 0.953. The molecule has 0 aromatic carbocycles. The largest absolute Gasteiger partial charge is 0.453 e. The van der Waals surface area contributed by atoms with Crippen LogP contribution in [0.25, 0.3) is 0 Å². The van der Waals surface area contributed by atoms with E-state index in [0.29, 0.717) is 5.82 Å². The van der Waals surface area contributed by atoms with Crippen LogP contribution < -0.4 is 5.32 Å². The van der Waals surface area contributed by atoms with Gasteiger partial charge in [0.15, 0.2) is 5.82 Å². The van der Waals surface area contributed by atoms with E-state index in [-0.39, 0.29) is 5.95 Å². The molecule has 1 amide bonds. The van der Waals surface area contributed by atoms with Crippen LogP contribution in [0.2, 0.25) is 0 Å². The minimum Gasteiger partial charge on any atom is -0.453 e.